The lowest BCUT2D eigenvalue weighted by Crippen LogP contribution is -2.35. The predicted molar refractivity (Wildman–Crippen MR) is 72.3 cm³/mol. The van der Waals surface area contributed by atoms with Gasteiger partial charge in [0.05, 0.1) is 12.1 Å². The third kappa shape index (κ3) is 4.22. The third-order valence-electron chi connectivity index (χ3n) is 3.13. The maximum Gasteiger partial charge on any atom is 0.179 e. The van der Waals surface area contributed by atoms with Gasteiger partial charge in [-0.2, -0.15) is 0 Å². The van der Waals surface area contributed by atoms with E-state index >= 15 is 0 Å². The van der Waals surface area contributed by atoms with Gasteiger partial charge in [-0.05, 0) is 38.4 Å². The van der Waals surface area contributed by atoms with Gasteiger partial charge in [0.25, 0.3) is 0 Å². The van der Waals surface area contributed by atoms with Gasteiger partial charge in [-0.25, -0.2) is 4.39 Å². The van der Waals surface area contributed by atoms with Crippen LogP contribution in [0.2, 0.25) is 0 Å². The Morgan fingerprint density at radius 1 is 1.28 bits per heavy atom. The van der Waals surface area contributed by atoms with Gasteiger partial charge >= 0.3 is 0 Å². The van der Waals surface area contributed by atoms with Crippen molar-refractivity contribution in [2.75, 3.05) is 13.6 Å². The number of hydrogen-bond donors (Lipinski definition) is 0. The van der Waals surface area contributed by atoms with E-state index in [4.69, 9.17) is 0 Å². The van der Waals surface area contributed by atoms with Crippen molar-refractivity contribution >= 4 is 5.78 Å². The van der Waals surface area contributed by atoms with Crippen LogP contribution in [0.3, 0.4) is 0 Å². The Morgan fingerprint density at radius 3 is 2.44 bits per heavy atom. The molecule has 0 amide bonds. The van der Waals surface area contributed by atoms with Gasteiger partial charge in [0.15, 0.2) is 5.78 Å². The first-order chi connectivity index (χ1) is 8.41. The van der Waals surface area contributed by atoms with Gasteiger partial charge in [-0.1, -0.05) is 26.0 Å². The van der Waals surface area contributed by atoms with Crippen molar-refractivity contribution in [2.45, 2.75) is 33.2 Å². The molecule has 0 bridgehead atoms. The van der Waals surface area contributed by atoms with E-state index in [-0.39, 0.29) is 17.9 Å². The molecule has 0 radical (unpaired) electrons. The largest absolute Gasteiger partial charge is 0.296 e. The molecule has 2 nitrogen and oxygen atoms in total. The van der Waals surface area contributed by atoms with Crippen molar-refractivity contribution in [1.82, 2.24) is 4.90 Å². The second-order valence-electron chi connectivity index (χ2n) is 5.30. The molecule has 0 saturated carbocycles. The molecule has 0 saturated heterocycles. The molecular formula is C15H22FNO. The van der Waals surface area contributed by atoms with Crippen molar-refractivity contribution < 1.29 is 9.18 Å². The van der Waals surface area contributed by atoms with E-state index in [0.29, 0.717) is 12.0 Å². The van der Waals surface area contributed by atoms with Crippen LogP contribution >= 0.6 is 0 Å². The van der Waals surface area contributed by atoms with E-state index < -0.39 is 5.82 Å². The first-order valence-electron chi connectivity index (χ1n) is 6.39. The Hall–Kier alpha value is -1.22. The maximum atomic E-state index is 13.5. The van der Waals surface area contributed by atoms with Crippen LogP contribution in [0.5, 0.6) is 0 Å². The highest BCUT2D eigenvalue weighted by Crippen LogP contribution is 2.12. The summed E-state index contributed by atoms with van der Waals surface area (Å²) in [5, 5.41) is 0. The molecule has 0 heterocycles. The molecule has 0 aliphatic rings. The molecule has 0 aromatic heterocycles. The van der Waals surface area contributed by atoms with Gasteiger partial charge in [0.2, 0.25) is 0 Å². The first kappa shape index (κ1) is 14.8. The fraction of sp³-hybridized carbons (Fsp3) is 0.533. The monoisotopic (exact) mass is 251 g/mol. The van der Waals surface area contributed by atoms with Crippen molar-refractivity contribution in [2.24, 2.45) is 5.92 Å². The lowest BCUT2D eigenvalue weighted by molar-refractivity contribution is 0.0912. The summed E-state index contributed by atoms with van der Waals surface area (Å²) in [6.45, 7) is 6.66. The lowest BCUT2D eigenvalue weighted by atomic mass is 10.0. The first-order valence-corrected chi connectivity index (χ1v) is 6.39. The number of carbonyl (C=O) groups is 1. The Bertz CT molecular complexity index is 403. The van der Waals surface area contributed by atoms with Gasteiger partial charge in [0, 0.05) is 6.04 Å². The van der Waals surface area contributed by atoms with Crippen molar-refractivity contribution in [3.05, 3.63) is 35.6 Å². The minimum atomic E-state index is -0.438. The zero-order valence-electron chi connectivity index (χ0n) is 11.6. The second-order valence-corrected chi connectivity index (χ2v) is 5.30. The van der Waals surface area contributed by atoms with Crippen LogP contribution in [0, 0.1) is 11.7 Å². The van der Waals surface area contributed by atoms with Crippen LogP contribution < -0.4 is 0 Å². The molecule has 3 heteroatoms. The van der Waals surface area contributed by atoms with Gasteiger partial charge in [-0.15, -0.1) is 0 Å². The topological polar surface area (TPSA) is 20.3 Å². The molecule has 0 fully saturated rings. The van der Waals surface area contributed by atoms with E-state index in [1.165, 1.54) is 6.07 Å². The molecule has 0 aliphatic heterocycles. The average Bonchev–Trinajstić information content (AvgIpc) is 2.28. The highest BCUT2D eigenvalue weighted by atomic mass is 19.1. The number of Topliss-reactive ketones (excluding diaryl/α,β-unsaturated/α-hetero) is 1. The summed E-state index contributed by atoms with van der Waals surface area (Å²) in [7, 11) is 1.91. The number of benzene rings is 1. The molecule has 1 atom stereocenters. The third-order valence-corrected chi connectivity index (χ3v) is 3.13. The molecule has 0 aliphatic carbocycles. The fourth-order valence-electron chi connectivity index (χ4n) is 2.02. The van der Waals surface area contributed by atoms with Crippen molar-refractivity contribution in [1.29, 1.82) is 0 Å². The zero-order chi connectivity index (χ0) is 13.7. The predicted octanol–water partition coefficient (Wildman–Crippen LogP) is 3.37. The Labute approximate surface area is 109 Å². The van der Waals surface area contributed by atoms with Crippen molar-refractivity contribution in [3.63, 3.8) is 0 Å². The number of halogens is 1. The Balaban J connectivity index is 2.62. The molecule has 100 valence electrons. The molecule has 1 aromatic rings. The summed E-state index contributed by atoms with van der Waals surface area (Å²) in [4.78, 5) is 14.0. The summed E-state index contributed by atoms with van der Waals surface area (Å²) >= 11 is 0. The molecule has 0 N–H and O–H groups in total. The number of hydrogen-bond acceptors (Lipinski definition) is 2. The quantitative estimate of drug-likeness (QED) is 0.722. The highest BCUT2D eigenvalue weighted by molar-refractivity contribution is 5.97. The lowest BCUT2D eigenvalue weighted by Gasteiger charge is -2.25. The molecule has 1 rings (SSSR count). The molecule has 1 unspecified atom stereocenters. The Morgan fingerprint density at radius 2 is 1.89 bits per heavy atom. The number of likely N-dealkylation sites (N-methyl/N-ethyl adjacent to an activating group) is 1. The van der Waals surface area contributed by atoms with Gasteiger partial charge in [0.1, 0.15) is 5.82 Å². The van der Waals surface area contributed by atoms with Gasteiger partial charge in [-0.3, -0.25) is 9.69 Å². The standard InChI is InChI=1S/C15H22FNO/c1-11(2)9-12(3)17(4)10-15(18)13-7-5-6-8-14(13)16/h5-8,11-12H,9-10H2,1-4H3. The van der Waals surface area contributed by atoms with Crippen LogP contribution in [0.4, 0.5) is 4.39 Å². The number of rotatable bonds is 6. The Kier molecular flexibility index (Phi) is 5.48. The fourth-order valence-corrected chi connectivity index (χ4v) is 2.02. The minimum Gasteiger partial charge on any atom is -0.296 e. The number of carbonyl (C=O) groups excluding carboxylic acids is 1. The maximum absolute atomic E-state index is 13.5. The molecule has 0 spiro atoms. The summed E-state index contributed by atoms with van der Waals surface area (Å²) < 4.78 is 13.5. The zero-order valence-corrected chi connectivity index (χ0v) is 11.6. The normalized spacial score (nSPS) is 13.1. The average molecular weight is 251 g/mol. The van der Waals surface area contributed by atoms with Crippen molar-refractivity contribution in [3.8, 4) is 0 Å². The summed E-state index contributed by atoms with van der Waals surface area (Å²) in [6.07, 6.45) is 1.03. The highest BCUT2D eigenvalue weighted by Gasteiger charge is 2.17. The number of ketones is 1. The SMILES string of the molecule is CC(C)CC(C)N(C)CC(=O)c1ccccc1F. The summed E-state index contributed by atoms with van der Waals surface area (Å²) in [5.74, 6) is -0.00960. The second kappa shape index (κ2) is 6.64. The van der Waals surface area contributed by atoms with E-state index in [2.05, 4.69) is 20.8 Å². The molecule has 18 heavy (non-hydrogen) atoms. The smallest absolute Gasteiger partial charge is 0.179 e. The van der Waals surface area contributed by atoms with E-state index in [1.807, 2.05) is 11.9 Å². The van der Waals surface area contributed by atoms with Crippen LogP contribution in [0.25, 0.3) is 0 Å². The molecule has 1 aromatic carbocycles. The summed E-state index contributed by atoms with van der Waals surface area (Å²) in [5.41, 5.74) is 0.182. The van der Waals surface area contributed by atoms with Crippen LogP contribution in [0.1, 0.15) is 37.6 Å². The van der Waals surface area contributed by atoms with E-state index in [0.717, 1.165) is 6.42 Å². The van der Waals surface area contributed by atoms with E-state index in [1.54, 1.807) is 18.2 Å². The number of nitrogens with zero attached hydrogens (tertiary/aromatic N) is 1. The van der Waals surface area contributed by atoms with Gasteiger partial charge < -0.3 is 0 Å². The van der Waals surface area contributed by atoms with E-state index in [9.17, 15) is 9.18 Å². The summed E-state index contributed by atoms with van der Waals surface area (Å²) in [6, 6.07) is 6.47. The molecular weight excluding hydrogens is 229 g/mol. The minimum absolute atomic E-state index is 0.161. The van der Waals surface area contributed by atoms with Crippen LogP contribution in [-0.2, 0) is 0 Å². The van der Waals surface area contributed by atoms with Crippen LogP contribution in [-0.4, -0.2) is 30.3 Å². The van der Waals surface area contributed by atoms with Crippen LogP contribution in [0.15, 0.2) is 24.3 Å².